The van der Waals surface area contributed by atoms with Gasteiger partial charge in [-0.05, 0) is 18.8 Å². The Hall–Kier alpha value is -0.690. The molecule has 0 unspecified atom stereocenters. The summed E-state index contributed by atoms with van der Waals surface area (Å²) in [6.07, 6.45) is 7.39. The first-order chi connectivity index (χ1) is 13.2. The summed E-state index contributed by atoms with van der Waals surface area (Å²) >= 11 is 0. The summed E-state index contributed by atoms with van der Waals surface area (Å²) in [4.78, 5) is 11.4. The molecule has 0 aliphatic carbocycles. The minimum absolute atomic E-state index is 0.152. The third-order valence-electron chi connectivity index (χ3n) is 3.76. The first kappa shape index (κ1) is 26.3. The maximum Gasteiger partial charge on any atom is 0.305 e. The number of carbonyl (C=O) groups is 1. The molecule has 0 radical (unpaired) electrons. The van der Waals surface area contributed by atoms with Crippen LogP contribution in [0.1, 0.15) is 65.7 Å². The quantitative estimate of drug-likeness (QED) is 0.218. The molecule has 0 aliphatic heterocycles. The van der Waals surface area contributed by atoms with Crippen molar-refractivity contribution in [1.29, 1.82) is 0 Å². The molecule has 0 aliphatic rings. The molecule has 0 atom stereocenters. The maximum absolute atomic E-state index is 11.4. The summed E-state index contributed by atoms with van der Waals surface area (Å²) in [5.41, 5.74) is 0. The van der Waals surface area contributed by atoms with Crippen molar-refractivity contribution in [3.63, 3.8) is 0 Å². The van der Waals surface area contributed by atoms with Crippen molar-refractivity contribution in [3.05, 3.63) is 0 Å². The van der Waals surface area contributed by atoms with Crippen molar-refractivity contribution in [2.45, 2.75) is 65.7 Å². The van der Waals surface area contributed by atoms with E-state index in [1.54, 1.807) is 0 Å². The Balaban J connectivity index is 3.08. The molecule has 6 heteroatoms. The number of ether oxygens (including phenoxy) is 5. The molecule has 27 heavy (non-hydrogen) atoms. The molecular formula is C21H42O6. The second-order valence-electron chi connectivity index (χ2n) is 7.04. The molecule has 162 valence electrons. The summed E-state index contributed by atoms with van der Waals surface area (Å²) in [7, 11) is 0. The van der Waals surface area contributed by atoms with Crippen LogP contribution in [-0.4, -0.2) is 65.4 Å². The topological polar surface area (TPSA) is 63.2 Å². The summed E-state index contributed by atoms with van der Waals surface area (Å²) in [6.45, 7) is 11.6. The van der Waals surface area contributed by atoms with E-state index in [2.05, 4.69) is 6.92 Å². The van der Waals surface area contributed by atoms with Crippen molar-refractivity contribution in [2.75, 3.05) is 59.5 Å². The van der Waals surface area contributed by atoms with Gasteiger partial charge < -0.3 is 23.7 Å². The first-order valence-corrected chi connectivity index (χ1v) is 10.6. The van der Waals surface area contributed by atoms with E-state index in [1.807, 2.05) is 13.8 Å². The molecular weight excluding hydrogens is 348 g/mol. The van der Waals surface area contributed by atoms with Gasteiger partial charge in [0.1, 0.15) is 0 Å². The minimum Gasteiger partial charge on any atom is -0.465 e. The number of hydrogen-bond acceptors (Lipinski definition) is 6. The van der Waals surface area contributed by atoms with Crippen LogP contribution in [0.4, 0.5) is 0 Å². The Kier molecular flexibility index (Phi) is 21.1. The molecule has 0 saturated carbocycles. The van der Waals surface area contributed by atoms with Crippen molar-refractivity contribution in [2.24, 2.45) is 5.92 Å². The van der Waals surface area contributed by atoms with Crippen molar-refractivity contribution >= 4 is 5.97 Å². The summed E-state index contributed by atoms with van der Waals surface area (Å²) in [5, 5.41) is 0. The third kappa shape index (κ3) is 23.3. The van der Waals surface area contributed by atoms with Crippen molar-refractivity contribution in [1.82, 2.24) is 0 Å². The molecule has 6 nitrogen and oxygen atoms in total. The molecule has 0 spiro atoms. The fraction of sp³-hybridized carbons (Fsp3) is 0.952. The van der Waals surface area contributed by atoms with Crippen LogP contribution in [0, 0.1) is 5.92 Å². The average Bonchev–Trinajstić information content (AvgIpc) is 2.65. The number of carbonyl (C=O) groups excluding carboxylic acids is 1. The van der Waals surface area contributed by atoms with Gasteiger partial charge in [0.15, 0.2) is 0 Å². The minimum atomic E-state index is -0.152. The van der Waals surface area contributed by atoms with Gasteiger partial charge in [-0.2, -0.15) is 0 Å². The zero-order chi connectivity index (χ0) is 20.0. The van der Waals surface area contributed by atoms with Gasteiger partial charge >= 0.3 is 5.97 Å². The lowest BCUT2D eigenvalue weighted by molar-refractivity contribution is -0.145. The lowest BCUT2D eigenvalue weighted by atomic mass is 10.2. The third-order valence-corrected chi connectivity index (χ3v) is 3.76. The van der Waals surface area contributed by atoms with Gasteiger partial charge in [-0.1, -0.05) is 46.5 Å². The number of unbranched alkanes of at least 4 members (excludes halogenated alkanes) is 4. The van der Waals surface area contributed by atoms with Crippen LogP contribution in [0.3, 0.4) is 0 Å². The Morgan fingerprint density at radius 1 is 0.667 bits per heavy atom. The van der Waals surface area contributed by atoms with Crippen LogP contribution in [0.2, 0.25) is 0 Å². The molecule has 0 bridgehead atoms. The van der Waals surface area contributed by atoms with E-state index in [-0.39, 0.29) is 5.97 Å². The molecule has 0 saturated heterocycles. The highest BCUT2D eigenvalue weighted by atomic mass is 16.6. The van der Waals surface area contributed by atoms with Crippen molar-refractivity contribution in [3.8, 4) is 0 Å². The highest BCUT2D eigenvalue weighted by molar-refractivity contribution is 5.69. The number of esters is 1. The van der Waals surface area contributed by atoms with Gasteiger partial charge in [-0.25, -0.2) is 0 Å². The fourth-order valence-corrected chi connectivity index (χ4v) is 2.22. The summed E-state index contributed by atoms with van der Waals surface area (Å²) in [6, 6.07) is 0. The fourth-order valence-electron chi connectivity index (χ4n) is 2.22. The van der Waals surface area contributed by atoms with E-state index in [4.69, 9.17) is 23.7 Å². The Morgan fingerprint density at radius 3 is 1.67 bits per heavy atom. The first-order valence-electron chi connectivity index (χ1n) is 10.6. The van der Waals surface area contributed by atoms with Crippen LogP contribution in [0.25, 0.3) is 0 Å². The maximum atomic E-state index is 11.4. The summed E-state index contributed by atoms with van der Waals surface area (Å²) < 4.78 is 26.9. The van der Waals surface area contributed by atoms with E-state index in [9.17, 15) is 4.79 Å². The predicted octanol–water partition coefficient (Wildman–Crippen LogP) is 4.00. The molecule has 0 aromatic carbocycles. The van der Waals surface area contributed by atoms with E-state index >= 15 is 0 Å². The van der Waals surface area contributed by atoms with E-state index in [0.717, 1.165) is 13.0 Å². The van der Waals surface area contributed by atoms with Crippen LogP contribution >= 0.6 is 0 Å². The van der Waals surface area contributed by atoms with Gasteiger partial charge in [0.05, 0.1) is 46.2 Å². The Bertz CT molecular complexity index is 309. The lowest BCUT2D eigenvalue weighted by Gasteiger charge is -2.08. The normalized spacial score (nSPS) is 11.3. The SMILES string of the molecule is CCCCCCCOCCOCCOCCOCCCC(=O)OCC(C)C. The van der Waals surface area contributed by atoms with E-state index in [0.29, 0.717) is 71.6 Å². The molecule has 0 rings (SSSR count). The predicted molar refractivity (Wildman–Crippen MR) is 107 cm³/mol. The molecule has 0 amide bonds. The molecule has 0 heterocycles. The number of rotatable bonds is 21. The Labute approximate surface area is 166 Å². The van der Waals surface area contributed by atoms with Crippen LogP contribution in [0.15, 0.2) is 0 Å². The van der Waals surface area contributed by atoms with Crippen LogP contribution < -0.4 is 0 Å². The molecule has 0 aromatic rings. The molecule has 0 fully saturated rings. The lowest BCUT2D eigenvalue weighted by Crippen LogP contribution is -2.13. The van der Waals surface area contributed by atoms with Crippen LogP contribution in [-0.2, 0) is 28.5 Å². The zero-order valence-corrected chi connectivity index (χ0v) is 17.8. The van der Waals surface area contributed by atoms with Crippen LogP contribution in [0.5, 0.6) is 0 Å². The standard InChI is InChI=1S/C21H42O6/c1-4-5-6-7-8-11-23-13-15-25-17-18-26-16-14-24-12-9-10-21(22)27-19-20(2)3/h20H,4-19H2,1-3H3. The van der Waals surface area contributed by atoms with Gasteiger partial charge in [0.2, 0.25) is 0 Å². The van der Waals surface area contributed by atoms with E-state index < -0.39 is 0 Å². The monoisotopic (exact) mass is 390 g/mol. The molecule has 0 N–H and O–H groups in total. The highest BCUT2D eigenvalue weighted by Gasteiger charge is 2.03. The Morgan fingerprint density at radius 2 is 1.15 bits per heavy atom. The molecule has 0 aromatic heterocycles. The second-order valence-corrected chi connectivity index (χ2v) is 7.04. The van der Waals surface area contributed by atoms with Gasteiger partial charge in [0, 0.05) is 19.6 Å². The number of hydrogen-bond donors (Lipinski definition) is 0. The smallest absolute Gasteiger partial charge is 0.305 e. The zero-order valence-electron chi connectivity index (χ0n) is 17.8. The van der Waals surface area contributed by atoms with Gasteiger partial charge in [0.25, 0.3) is 0 Å². The second kappa shape index (κ2) is 21.6. The van der Waals surface area contributed by atoms with Gasteiger partial charge in [-0.15, -0.1) is 0 Å². The largest absolute Gasteiger partial charge is 0.465 e. The van der Waals surface area contributed by atoms with Crippen molar-refractivity contribution < 1.29 is 28.5 Å². The van der Waals surface area contributed by atoms with Gasteiger partial charge in [-0.3, -0.25) is 4.79 Å². The average molecular weight is 391 g/mol. The summed E-state index contributed by atoms with van der Waals surface area (Å²) in [5.74, 6) is 0.223. The van der Waals surface area contributed by atoms with E-state index in [1.165, 1.54) is 25.7 Å². The highest BCUT2D eigenvalue weighted by Crippen LogP contribution is 2.02.